The molecule has 2 rings (SSSR count). The summed E-state index contributed by atoms with van der Waals surface area (Å²) in [6.45, 7) is 0.456. The summed E-state index contributed by atoms with van der Waals surface area (Å²) in [4.78, 5) is 4.23. The number of benzene rings is 1. The topological polar surface area (TPSA) is 50.4 Å². The minimum absolute atomic E-state index is 0.456. The highest BCUT2D eigenvalue weighted by atomic mass is 14.9. The maximum atomic E-state index is 5.49. The fourth-order valence-corrected chi connectivity index (χ4v) is 1.20. The monoisotopic (exact) mass is 173 g/mol. The summed E-state index contributed by atoms with van der Waals surface area (Å²) in [5, 5.41) is 3.16. The summed E-state index contributed by atoms with van der Waals surface area (Å²) in [5.74, 6) is 0. The number of fused-ring (bicyclic) bond motifs is 1. The highest BCUT2D eigenvalue weighted by Gasteiger charge is 2.01. The first-order valence-corrected chi connectivity index (χ1v) is 4.19. The number of nitrogens with one attached hydrogen (secondary N) is 1. The second-order valence-electron chi connectivity index (χ2n) is 2.83. The molecule has 0 aliphatic carbocycles. The molecule has 3 N–H and O–H groups in total. The Hall–Kier alpha value is -1.61. The molecule has 0 saturated carbocycles. The Morgan fingerprint density at radius 1 is 1.31 bits per heavy atom. The van der Waals surface area contributed by atoms with Crippen LogP contribution < -0.4 is 11.1 Å². The van der Waals surface area contributed by atoms with Gasteiger partial charge in [0.1, 0.15) is 0 Å². The van der Waals surface area contributed by atoms with Crippen LogP contribution in [0.2, 0.25) is 0 Å². The molecule has 0 amide bonds. The van der Waals surface area contributed by atoms with Crippen molar-refractivity contribution >= 4 is 11.9 Å². The van der Waals surface area contributed by atoms with Gasteiger partial charge in [-0.3, -0.25) is 4.99 Å². The zero-order valence-corrected chi connectivity index (χ0v) is 7.20. The molecule has 1 heterocycles. The van der Waals surface area contributed by atoms with Crippen LogP contribution in [0.4, 0.5) is 5.69 Å². The first kappa shape index (κ1) is 8.01. The molecule has 3 nitrogen and oxygen atoms in total. The minimum Gasteiger partial charge on any atom is -0.359 e. The van der Waals surface area contributed by atoms with Gasteiger partial charge in [-0.05, 0) is 6.07 Å². The van der Waals surface area contributed by atoms with Crippen molar-refractivity contribution in [2.75, 3.05) is 11.9 Å². The molecule has 0 atom stereocenters. The number of hydrogen-bond donors (Lipinski definition) is 2. The van der Waals surface area contributed by atoms with E-state index in [0.29, 0.717) is 6.54 Å². The molecule has 1 aliphatic rings. The summed E-state index contributed by atoms with van der Waals surface area (Å²) in [6.07, 6.45) is 3.66. The van der Waals surface area contributed by atoms with Crippen LogP contribution in [0.15, 0.2) is 41.2 Å². The molecule has 0 aromatic heterocycles. The largest absolute Gasteiger partial charge is 0.359 e. The van der Waals surface area contributed by atoms with Crippen molar-refractivity contribution in [2.45, 2.75) is 0 Å². The summed E-state index contributed by atoms with van der Waals surface area (Å²) >= 11 is 0. The van der Waals surface area contributed by atoms with Crippen LogP contribution in [-0.4, -0.2) is 12.8 Å². The van der Waals surface area contributed by atoms with E-state index in [1.165, 1.54) is 0 Å². The van der Waals surface area contributed by atoms with Gasteiger partial charge >= 0.3 is 0 Å². The smallest absolute Gasteiger partial charge is 0.0699 e. The zero-order valence-electron chi connectivity index (χ0n) is 7.20. The van der Waals surface area contributed by atoms with Crippen molar-refractivity contribution in [3.05, 3.63) is 41.7 Å². The van der Waals surface area contributed by atoms with E-state index in [1.54, 1.807) is 0 Å². The second-order valence-corrected chi connectivity index (χ2v) is 2.83. The Kier molecular flexibility index (Phi) is 2.10. The predicted octanol–water partition coefficient (Wildman–Crippen LogP) is 1.33. The van der Waals surface area contributed by atoms with E-state index in [-0.39, 0.29) is 0 Å². The van der Waals surface area contributed by atoms with Gasteiger partial charge in [-0.25, -0.2) is 0 Å². The van der Waals surface area contributed by atoms with E-state index in [4.69, 9.17) is 5.73 Å². The quantitative estimate of drug-likeness (QED) is 0.673. The van der Waals surface area contributed by atoms with Crippen molar-refractivity contribution in [2.24, 2.45) is 10.7 Å². The molecule has 0 bridgehead atoms. The van der Waals surface area contributed by atoms with Crippen LogP contribution in [0, 0.1) is 0 Å². The molecular formula is C10H11N3. The molecule has 1 aliphatic heterocycles. The summed E-state index contributed by atoms with van der Waals surface area (Å²) in [6, 6.07) is 8.00. The summed E-state index contributed by atoms with van der Waals surface area (Å²) in [7, 11) is 0. The van der Waals surface area contributed by atoms with Crippen molar-refractivity contribution in [1.82, 2.24) is 0 Å². The van der Waals surface area contributed by atoms with Crippen molar-refractivity contribution in [3.63, 3.8) is 0 Å². The molecule has 0 unspecified atom stereocenters. The van der Waals surface area contributed by atoms with Crippen LogP contribution in [0.5, 0.6) is 0 Å². The Morgan fingerprint density at radius 2 is 2.15 bits per heavy atom. The third-order valence-corrected chi connectivity index (χ3v) is 1.93. The average Bonchev–Trinajstić information content (AvgIpc) is 2.39. The van der Waals surface area contributed by atoms with Gasteiger partial charge in [-0.1, -0.05) is 18.2 Å². The van der Waals surface area contributed by atoms with E-state index < -0.39 is 0 Å². The van der Waals surface area contributed by atoms with Crippen LogP contribution in [0.25, 0.3) is 0 Å². The zero-order chi connectivity index (χ0) is 9.10. The maximum Gasteiger partial charge on any atom is 0.0699 e. The normalized spacial score (nSPS) is 14.1. The lowest BCUT2D eigenvalue weighted by Crippen LogP contribution is -2.02. The van der Waals surface area contributed by atoms with Gasteiger partial charge in [0.2, 0.25) is 0 Å². The fourth-order valence-electron chi connectivity index (χ4n) is 1.20. The van der Waals surface area contributed by atoms with E-state index in [1.807, 2.05) is 36.7 Å². The minimum atomic E-state index is 0.456. The van der Waals surface area contributed by atoms with Crippen molar-refractivity contribution < 1.29 is 0 Å². The Balaban J connectivity index is 2.39. The van der Waals surface area contributed by atoms with E-state index >= 15 is 0 Å². The number of rotatable bonds is 1. The van der Waals surface area contributed by atoms with Gasteiger partial charge < -0.3 is 11.1 Å². The lowest BCUT2D eigenvalue weighted by Gasteiger charge is -2.01. The van der Waals surface area contributed by atoms with Crippen molar-refractivity contribution in [1.29, 1.82) is 0 Å². The molecule has 0 radical (unpaired) electrons. The molecule has 0 spiro atoms. The van der Waals surface area contributed by atoms with Crippen LogP contribution in [-0.2, 0) is 0 Å². The maximum absolute atomic E-state index is 5.49. The number of nitrogens with two attached hydrogens (primary N) is 1. The van der Waals surface area contributed by atoms with Gasteiger partial charge in [-0.2, -0.15) is 0 Å². The molecule has 1 aromatic rings. The Labute approximate surface area is 77.0 Å². The standard InChI is InChI=1S/C10H11N3/c11-5-9-7-13-10-4-2-1-3-8(10)6-12-9/h1-4,6-7,13H,5,11H2. The predicted molar refractivity (Wildman–Crippen MR) is 54.8 cm³/mol. The first-order valence-electron chi connectivity index (χ1n) is 4.19. The third kappa shape index (κ3) is 1.60. The molecular weight excluding hydrogens is 162 g/mol. The molecule has 0 saturated heterocycles. The Bertz CT molecular complexity index is 366. The molecule has 66 valence electrons. The highest BCUT2D eigenvalue weighted by Crippen LogP contribution is 2.16. The average molecular weight is 173 g/mol. The molecule has 0 fully saturated rings. The summed E-state index contributed by atoms with van der Waals surface area (Å²) in [5.41, 5.74) is 8.49. The molecule has 13 heavy (non-hydrogen) atoms. The number of para-hydroxylation sites is 1. The third-order valence-electron chi connectivity index (χ3n) is 1.93. The Morgan fingerprint density at radius 3 is 3.00 bits per heavy atom. The SMILES string of the molecule is NCC1=CNc2ccccc2C=N1. The highest BCUT2D eigenvalue weighted by molar-refractivity contribution is 5.89. The van der Waals surface area contributed by atoms with Gasteiger partial charge in [0.25, 0.3) is 0 Å². The number of anilines is 1. The molecule has 1 aromatic carbocycles. The molecule has 3 heteroatoms. The van der Waals surface area contributed by atoms with Gasteiger partial charge in [0.05, 0.1) is 5.70 Å². The number of nitrogens with zero attached hydrogens (tertiary/aromatic N) is 1. The second kappa shape index (κ2) is 3.41. The first-order chi connectivity index (χ1) is 6.40. The van der Waals surface area contributed by atoms with Gasteiger partial charge in [0.15, 0.2) is 0 Å². The summed E-state index contributed by atoms with van der Waals surface area (Å²) < 4.78 is 0. The van der Waals surface area contributed by atoms with E-state index in [0.717, 1.165) is 16.9 Å². The lowest BCUT2D eigenvalue weighted by atomic mass is 10.2. The van der Waals surface area contributed by atoms with Crippen LogP contribution >= 0.6 is 0 Å². The van der Waals surface area contributed by atoms with Gasteiger partial charge in [0, 0.05) is 30.2 Å². The van der Waals surface area contributed by atoms with E-state index in [9.17, 15) is 0 Å². The number of hydrogen-bond acceptors (Lipinski definition) is 3. The number of aliphatic imine (C=N–C) groups is 1. The van der Waals surface area contributed by atoms with Crippen LogP contribution in [0.1, 0.15) is 5.56 Å². The fraction of sp³-hybridized carbons (Fsp3) is 0.100. The lowest BCUT2D eigenvalue weighted by molar-refractivity contribution is 1.11. The van der Waals surface area contributed by atoms with Gasteiger partial charge in [-0.15, -0.1) is 0 Å². The van der Waals surface area contributed by atoms with Crippen molar-refractivity contribution in [3.8, 4) is 0 Å². The van der Waals surface area contributed by atoms with Crippen LogP contribution in [0.3, 0.4) is 0 Å². The van der Waals surface area contributed by atoms with E-state index in [2.05, 4.69) is 10.3 Å².